The van der Waals surface area contributed by atoms with E-state index in [-0.39, 0.29) is 18.5 Å². The van der Waals surface area contributed by atoms with E-state index in [0.29, 0.717) is 25.7 Å². The lowest BCUT2D eigenvalue weighted by Gasteiger charge is -2.20. The molecule has 0 spiro atoms. The van der Waals surface area contributed by atoms with E-state index in [4.69, 9.17) is 9.47 Å². The number of aliphatic imine (C=N–C) groups is 1. The third-order valence-electron chi connectivity index (χ3n) is 4.03. The van der Waals surface area contributed by atoms with Gasteiger partial charge in [0.05, 0.1) is 19.3 Å². The van der Waals surface area contributed by atoms with E-state index in [1.54, 1.807) is 20.2 Å². The van der Waals surface area contributed by atoms with E-state index in [2.05, 4.69) is 36.1 Å². The molecule has 0 aliphatic carbocycles. The SMILES string of the molecule is C=CCNC(=NCC(=O)N(C)C)NC(C)c1ccc(OCCC)c(OCCC)c1. The van der Waals surface area contributed by atoms with Gasteiger partial charge in [0.1, 0.15) is 6.54 Å². The predicted octanol–water partition coefficient (Wildman–Crippen LogP) is 3.13. The summed E-state index contributed by atoms with van der Waals surface area (Å²) in [6.45, 7) is 11.8. The van der Waals surface area contributed by atoms with Crippen LogP contribution in [0.4, 0.5) is 0 Å². The molecule has 0 heterocycles. The Bertz CT molecular complexity index is 674. The van der Waals surface area contributed by atoms with Crippen LogP contribution in [0, 0.1) is 0 Å². The Morgan fingerprint density at radius 2 is 1.86 bits per heavy atom. The van der Waals surface area contributed by atoms with Gasteiger partial charge in [0.2, 0.25) is 5.91 Å². The van der Waals surface area contributed by atoms with Crippen molar-refractivity contribution in [3.63, 3.8) is 0 Å². The molecule has 7 nitrogen and oxygen atoms in total. The number of benzene rings is 1. The number of ether oxygens (including phenoxy) is 2. The minimum atomic E-state index is -0.0648. The second kappa shape index (κ2) is 13.5. The molecule has 0 bridgehead atoms. The molecule has 0 aliphatic heterocycles. The van der Waals surface area contributed by atoms with Crippen molar-refractivity contribution in [1.29, 1.82) is 0 Å². The molecule has 1 aromatic rings. The smallest absolute Gasteiger partial charge is 0.243 e. The highest BCUT2D eigenvalue weighted by atomic mass is 16.5. The molecule has 0 saturated heterocycles. The van der Waals surface area contributed by atoms with Crippen LogP contribution in [0.3, 0.4) is 0 Å². The summed E-state index contributed by atoms with van der Waals surface area (Å²) in [5.74, 6) is 1.98. The standard InChI is InChI=1S/C22H36N4O3/c1-7-12-23-22(24-16-21(27)26(5)6)25-17(4)18-10-11-19(28-13-8-2)20(15-18)29-14-9-3/h7,10-11,15,17H,1,8-9,12-14,16H2,2-6H3,(H2,23,24,25). The second-order valence-electron chi connectivity index (χ2n) is 6.89. The van der Waals surface area contributed by atoms with Crippen LogP contribution >= 0.6 is 0 Å². The number of hydrogen-bond acceptors (Lipinski definition) is 4. The fourth-order valence-corrected chi connectivity index (χ4v) is 2.35. The lowest BCUT2D eigenvalue weighted by atomic mass is 10.1. The number of hydrogen-bond donors (Lipinski definition) is 2. The first-order valence-electron chi connectivity index (χ1n) is 10.2. The van der Waals surface area contributed by atoms with Crippen molar-refractivity contribution in [3.8, 4) is 11.5 Å². The molecule has 1 amide bonds. The minimum absolute atomic E-state index is 0.0512. The summed E-state index contributed by atoms with van der Waals surface area (Å²) in [6, 6.07) is 5.90. The van der Waals surface area contributed by atoms with Crippen LogP contribution in [0.2, 0.25) is 0 Å². The number of amides is 1. The highest BCUT2D eigenvalue weighted by Gasteiger charge is 2.13. The first-order chi connectivity index (χ1) is 13.9. The Kier molecular flexibility index (Phi) is 11.3. The number of rotatable bonds is 12. The summed E-state index contributed by atoms with van der Waals surface area (Å²) in [5, 5.41) is 6.48. The van der Waals surface area contributed by atoms with Gasteiger partial charge in [0, 0.05) is 20.6 Å². The predicted molar refractivity (Wildman–Crippen MR) is 119 cm³/mol. The van der Waals surface area contributed by atoms with Gasteiger partial charge in [0.15, 0.2) is 17.5 Å². The van der Waals surface area contributed by atoms with Crippen LogP contribution in [0.5, 0.6) is 11.5 Å². The number of likely N-dealkylation sites (N-methyl/N-ethyl adjacent to an activating group) is 1. The fourth-order valence-electron chi connectivity index (χ4n) is 2.35. The lowest BCUT2D eigenvalue weighted by Crippen LogP contribution is -2.39. The van der Waals surface area contributed by atoms with Crippen molar-refractivity contribution >= 4 is 11.9 Å². The zero-order valence-electron chi connectivity index (χ0n) is 18.5. The average molecular weight is 405 g/mol. The Morgan fingerprint density at radius 3 is 2.45 bits per heavy atom. The van der Waals surface area contributed by atoms with Gasteiger partial charge in [-0.2, -0.15) is 0 Å². The van der Waals surface area contributed by atoms with Crippen LogP contribution < -0.4 is 20.1 Å². The summed E-state index contributed by atoms with van der Waals surface area (Å²) >= 11 is 0. The Balaban J connectivity index is 2.96. The molecule has 162 valence electrons. The molecule has 0 radical (unpaired) electrons. The van der Waals surface area contributed by atoms with Gasteiger partial charge in [-0.15, -0.1) is 6.58 Å². The molecule has 0 aromatic heterocycles. The summed E-state index contributed by atoms with van der Waals surface area (Å²) in [4.78, 5) is 17.8. The Morgan fingerprint density at radius 1 is 1.21 bits per heavy atom. The molecule has 1 rings (SSSR count). The van der Waals surface area contributed by atoms with Gasteiger partial charge >= 0.3 is 0 Å². The van der Waals surface area contributed by atoms with Crippen LogP contribution in [0.15, 0.2) is 35.8 Å². The highest BCUT2D eigenvalue weighted by Crippen LogP contribution is 2.31. The summed E-state index contributed by atoms with van der Waals surface area (Å²) in [5.41, 5.74) is 1.03. The molecule has 1 atom stereocenters. The number of guanidine groups is 1. The van der Waals surface area contributed by atoms with Gasteiger partial charge in [-0.1, -0.05) is 26.0 Å². The monoisotopic (exact) mass is 404 g/mol. The van der Waals surface area contributed by atoms with Crippen LogP contribution in [0.25, 0.3) is 0 Å². The second-order valence-corrected chi connectivity index (χ2v) is 6.89. The zero-order chi connectivity index (χ0) is 21.6. The van der Waals surface area contributed by atoms with Crippen molar-refractivity contribution < 1.29 is 14.3 Å². The number of nitrogens with zero attached hydrogens (tertiary/aromatic N) is 2. The normalized spacial score (nSPS) is 12.1. The van der Waals surface area contributed by atoms with E-state index < -0.39 is 0 Å². The van der Waals surface area contributed by atoms with Gasteiger partial charge in [0.25, 0.3) is 0 Å². The molecule has 1 aromatic carbocycles. The zero-order valence-corrected chi connectivity index (χ0v) is 18.5. The maximum Gasteiger partial charge on any atom is 0.243 e. The lowest BCUT2D eigenvalue weighted by molar-refractivity contribution is -0.127. The topological polar surface area (TPSA) is 75.2 Å². The van der Waals surface area contributed by atoms with Crippen molar-refractivity contribution in [2.24, 2.45) is 4.99 Å². The molecule has 0 fully saturated rings. The fraction of sp³-hybridized carbons (Fsp3) is 0.545. The van der Waals surface area contributed by atoms with Crippen molar-refractivity contribution in [3.05, 3.63) is 36.4 Å². The summed E-state index contributed by atoms with van der Waals surface area (Å²) < 4.78 is 11.7. The third kappa shape index (κ3) is 8.89. The molecule has 7 heteroatoms. The third-order valence-corrected chi connectivity index (χ3v) is 4.03. The van der Waals surface area contributed by atoms with E-state index >= 15 is 0 Å². The van der Waals surface area contributed by atoms with Crippen LogP contribution in [0.1, 0.15) is 45.2 Å². The van der Waals surface area contributed by atoms with Gasteiger partial charge < -0.3 is 25.0 Å². The van der Waals surface area contributed by atoms with Crippen LogP contribution in [-0.2, 0) is 4.79 Å². The Labute approximate surface area is 175 Å². The van der Waals surface area contributed by atoms with Gasteiger partial charge in [-0.25, -0.2) is 4.99 Å². The molecule has 1 unspecified atom stereocenters. The first-order valence-corrected chi connectivity index (χ1v) is 10.2. The van der Waals surface area contributed by atoms with E-state index in [1.807, 2.05) is 25.1 Å². The molecule has 0 saturated carbocycles. The average Bonchev–Trinajstić information content (AvgIpc) is 2.72. The summed E-state index contributed by atoms with van der Waals surface area (Å²) in [7, 11) is 3.43. The molecular weight excluding hydrogens is 368 g/mol. The summed E-state index contributed by atoms with van der Waals surface area (Å²) in [6.07, 6.45) is 3.60. The van der Waals surface area contributed by atoms with Crippen molar-refractivity contribution in [2.45, 2.75) is 39.7 Å². The van der Waals surface area contributed by atoms with E-state index in [9.17, 15) is 4.79 Å². The quantitative estimate of drug-likeness (QED) is 0.318. The van der Waals surface area contributed by atoms with Gasteiger partial charge in [-0.3, -0.25) is 4.79 Å². The van der Waals surface area contributed by atoms with Crippen molar-refractivity contribution in [1.82, 2.24) is 15.5 Å². The maximum absolute atomic E-state index is 11.9. The first kappa shape index (κ1) is 24.3. The molecule has 29 heavy (non-hydrogen) atoms. The number of carbonyl (C=O) groups excluding carboxylic acids is 1. The number of nitrogens with one attached hydrogen (secondary N) is 2. The van der Waals surface area contributed by atoms with E-state index in [0.717, 1.165) is 29.9 Å². The Hall–Kier alpha value is -2.70. The molecule has 2 N–H and O–H groups in total. The van der Waals surface area contributed by atoms with Crippen molar-refractivity contribution in [2.75, 3.05) is 40.4 Å². The molecular formula is C22H36N4O3. The largest absolute Gasteiger partial charge is 0.490 e. The highest BCUT2D eigenvalue weighted by molar-refractivity contribution is 5.85. The van der Waals surface area contributed by atoms with Gasteiger partial charge in [-0.05, 0) is 37.5 Å². The van der Waals surface area contributed by atoms with Crippen LogP contribution in [-0.4, -0.2) is 57.2 Å². The maximum atomic E-state index is 11.9. The minimum Gasteiger partial charge on any atom is -0.490 e. The van der Waals surface area contributed by atoms with E-state index in [1.165, 1.54) is 4.90 Å². The molecule has 0 aliphatic rings. The number of carbonyl (C=O) groups is 1.